The van der Waals surface area contributed by atoms with Crippen molar-refractivity contribution in [3.63, 3.8) is 0 Å². The molecule has 0 aromatic heterocycles. The average molecular weight is 444 g/mol. The number of hydrogen-bond donors (Lipinski definition) is 1. The van der Waals surface area contributed by atoms with Gasteiger partial charge in [0.2, 0.25) is 11.8 Å². The lowest BCUT2D eigenvalue weighted by Crippen LogP contribution is -2.55. The summed E-state index contributed by atoms with van der Waals surface area (Å²) in [5.41, 5.74) is 9.46. The maximum atomic E-state index is 14.6. The summed E-state index contributed by atoms with van der Waals surface area (Å²) in [5, 5.41) is 10.3. The number of rotatable bonds is 0. The molecule has 0 fully saturated rings. The Hall–Kier alpha value is -3.33. The van der Waals surface area contributed by atoms with Crippen molar-refractivity contribution in [2.45, 2.75) is 72.3 Å². The Labute approximate surface area is 194 Å². The first-order chi connectivity index (χ1) is 15.3. The first kappa shape index (κ1) is 21.5. The highest BCUT2D eigenvalue weighted by Gasteiger charge is 2.66. The van der Waals surface area contributed by atoms with Crippen molar-refractivity contribution in [3.8, 4) is 6.07 Å². The van der Waals surface area contributed by atoms with Crippen LogP contribution in [0.1, 0.15) is 69.7 Å². The fourth-order valence-corrected chi connectivity index (χ4v) is 6.36. The number of benzene rings is 1. The molecule has 3 heterocycles. The molecular formula is C27H29N3O3. The second kappa shape index (κ2) is 6.17. The number of ether oxygens (including phenoxy) is 1. The van der Waals surface area contributed by atoms with Crippen LogP contribution in [0, 0.1) is 30.6 Å². The molecule has 0 saturated heterocycles. The molecule has 170 valence electrons. The molecule has 1 amide bonds. The fourth-order valence-electron chi connectivity index (χ4n) is 6.36. The SMILES string of the molecule is CC1=CC(C)(C)N2C(=O)[C@]3(C(C#N)=C(N)OC4=C3C(=O)CC(C)(C)C4)c3c(C)c(C)cc1c32. The number of fused-ring (bicyclic) bond motifs is 2. The number of nitrogens with two attached hydrogens (primary N) is 1. The first-order valence-corrected chi connectivity index (χ1v) is 11.3. The lowest BCUT2D eigenvalue weighted by Gasteiger charge is -2.43. The third kappa shape index (κ3) is 2.43. The van der Waals surface area contributed by atoms with Gasteiger partial charge in [-0.05, 0) is 62.8 Å². The van der Waals surface area contributed by atoms with Gasteiger partial charge in [-0.2, -0.15) is 5.26 Å². The molecule has 1 atom stereocenters. The van der Waals surface area contributed by atoms with Gasteiger partial charge in [-0.25, -0.2) is 0 Å². The molecular weight excluding hydrogens is 414 g/mol. The molecule has 0 radical (unpaired) electrons. The average Bonchev–Trinajstić information content (AvgIpc) is 2.93. The van der Waals surface area contributed by atoms with Crippen LogP contribution in [0.3, 0.4) is 0 Å². The Morgan fingerprint density at radius 3 is 2.42 bits per heavy atom. The van der Waals surface area contributed by atoms with E-state index in [1.54, 1.807) is 4.90 Å². The van der Waals surface area contributed by atoms with Crippen molar-refractivity contribution in [3.05, 3.63) is 57.2 Å². The zero-order chi connectivity index (χ0) is 24.2. The quantitative estimate of drug-likeness (QED) is 0.639. The van der Waals surface area contributed by atoms with Crippen LogP contribution in [0.15, 0.2) is 34.9 Å². The first-order valence-electron chi connectivity index (χ1n) is 11.3. The molecule has 3 aliphatic heterocycles. The van der Waals surface area contributed by atoms with Crippen molar-refractivity contribution in [2.75, 3.05) is 4.90 Å². The Morgan fingerprint density at radius 1 is 1.12 bits per heavy atom. The number of carbonyl (C=O) groups is 2. The van der Waals surface area contributed by atoms with Crippen molar-refractivity contribution in [1.82, 2.24) is 0 Å². The summed E-state index contributed by atoms with van der Waals surface area (Å²) in [6.45, 7) is 14.0. The number of allylic oxidation sites excluding steroid dienone is 2. The minimum atomic E-state index is -1.59. The topological polar surface area (TPSA) is 96.4 Å². The van der Waals surface area contributed by atoms with E-state index in [4.69, 9.17) is 10.5 Å². The van der Waals surface area contributed by atoms with Crippen LogP contribution in [-0.4, -0.2) is 17.2 Å². The number of ketones is 1. The number of nitriles is 1. The fraction of sp³-hybridized carbons (Fsp3) is 0.444. The van der Waals surface area contributed by atoms with E-state index in [9.17, 15) is 14.9 Å². The van der Waals surface area contributed by atoms with Gasteiger partial charge in [-0.1, -0.05) is 19.9 Å². The standard InChI is InChI=1S/C27H29N3O3/c1-13-8-16-14(2)9-26(6,7)30-22(16)20(15(13)3)27(24(30)32)17(12-28)23(29)33-19-11-25(4,5)10-18(31)21(19)27/h8-9H,10-11,29H2,1-7H3/t27-/m1/s1. The third-order valence-corrected chi connectivity index (χ3v) is 7.69. The highest BCUT2D eigenvalue weighted by Crippen LogP contribution is 2.62. The van der Waals surface area contributed by atoms with Gasteiger partial charge < -0.3 is 15.4 Å². The molecule has 0 saturated carbocycles. The smallest absolute Gasteiger partial charge is 0.248 e. The molecule has 1 aromatic carbocycles. The summed E-state index contributed by atoms with van der Waals surface area (Å²) in [4.78, 5) is 30.2. The van der Waals surface area contributed by atoms with Gasteiger partial charge >= 0.3 is 0 Å². The summed E-state index contributed by atoms with van der Waals surface area (Å²) in [6, 6.07) is 4.27. The Kier molecular flexibility index (Phi) is 4.02. The summed E-state index contributed by atoms with van der Waals surface area (Å²) in [7, 11) is 0. The maximum Gasteiger partial charge on any atom is 0.248 e. The van der Waals surface area contributed by atoms with Gasteiger partial charge in [0.25, 0.3) is 0 Å². The van der Waals surface area contributed by atoms with Gasteiger partial charge in [0.15, 0.2) is 5.78 Å². The van der Waals surface area contributed by atoms with E-state index in [-0.39, 0.29) is 40.6 Å². The van der Waals surface area contributed by atoms with E-state index in [1.807, 2.05) is 48.5 Å². The molecule has 4 aliphatic rings. The van der Waals surface area contributed by atoms with Gasteiger partial charge in [-0.3, -0.25) is 9.59 Å². The van der Waals surface area contributed by atoms with Crippen molar-refractivity contribution in [1.29, 1.82) is 5.26 Å². The Balaban J connectivity index is 2.00. The molecule has 5 rings (SSSR count). The molecule has 1 aromatic rings. The van der Waals surface area contributed by atoms with Gasteiger partial charge in [0.05, 0.1) is 16.8 Å². The third-order valence-electron chi connectivity index (χ3n) is 7.69. The second-order valence-electron chi connectivity index (χ2n) is 11.2. The van der Waals surface area contributed by atoms with Crippen molar-refractivity contribution in [2.24, 2.45) is 11.1 Å². The Morgan fingerprint density at radius 2 is 1.79 bits per heavy atom. The van der Waals surface area contributed by atoms with E-state index in [1.165, 1.54) is 0 Å². The van der Waals surface area contributed by atoms with E-state index in [0.29, 0.717) is 17.7 Å². The number of hydrogen-bond acceptors (Lipinski definition) is 5. The van der Waals surface area contributed by atoms with Crippen LogP contribution in [0.4, 0.5) is 5.69 Å². The number of aryl methyl sites for hydroxylation is 1. The van der Waals surface area contributed by atoms with Crippen LogP contribution >= 0.6 is 0 Å². The minimum absolute atomic E-state index is 0.0121. The van der Waals surface area contributed by atoms with Crippen molar-refractivity contribution < 1.29 is 14.3 Å². The molecule has 1 aliphatic carbocycles. The zero-order valence-corrected chi connectivity index (χ0v) is 20.3. The second-order valence-corrected chi connectivity index (χ2v) is 11.2. The van der Waals surface area contributed by atoms with Crippen molar-refractivity contribution >= 4 is 23.0 Å². The molecule has 2 N–H and O–H groups in total. The van der Waals surface area contributed by atoms with Crippen LogP contribution in [-0.2, 0) is 19.7 Å². The largest absolute Gasteiger partial charge is 0.444 e. The number of Topliss-reactive ketones (excluding diaryl/α,β-unsaturated/α-hetero) is 1. The highest BCUT2D eigenvalue weighted by atomic mass is 16.5. The summed E-state index contributed by atoms with van der Waals surface area (Å²) < 4.78 is 5.92. The summed E-state index contributed by atoms with van der Waals surface area (Å²) >= 11 is 0. The van der Waals surface area contributed by atoms with E-state index in [2.05, 4.69) is 18.2 Å². The monoisotopic (exact) mass is 443 g/mol. The molecule has 6 heteroatoms. The number of carbonyl (C=O) groups excluding carboxylic acids is 2. The molecule has 1 spiro atoms. The van der Waals surface area contributed by atoms with Crippen LogP contribution in [0.5, 0.6) is 0 Å². The summed E-state index contributed by atoms with van der Waals surface area (Å²) in [5.74, 6) is -0.137. The van der Waals surface area contributed by atoms with Gasteiger partial charge in [-0.15, -0.1) is 0 Å². The number of amides is 1. The molecule has 0 unspecified atom stereocenters. The predicted octanol–water partition coefficient (Wildman–Crippen LogP) is 4.45. The van der Waals surface area contributed by atoms with E-state index < -0.39 is 11.0 Å². The minimum Gasteiger partial charge on any atom is -0.444 e. The van der Waals surface area contributed by atoms with Crippen LogP contribution < -0.4 is 10.6 Å². The number of nitrogens with zero attached hydrogens (tertiary/aromatic N) is 2. The van der Waals surface area contributed by atoms with Gasteiger partial charge in [0, 0.05) is 24.0 Å². The van der Waals surface area contributed by atoms with E-state index >= 15 is 0 Å². The zero-order valence-electron chi connectivity index (χ0n) is 20.3. The maximum absolute atomic E-state index is 14.6. The lowest BCUT2D eigenvalue weighted by atomic mass is 9.61. The lowest BCUT2D eigenvalue weighted by molar-refractivity contribution is -0.126. The van der Waals surface area contributed by atoms with Crippen LogP contribution in [0.25, 0.3) is 5.57 Å². The molecule has 33 heavy (non-hydrogen) atoms. The summed E-state index contributed by atoms with van der Waals surface area (Å²) in [6.07, 6.45) is 2.82. The molecule has 6 nitrogen and oxygen atoms in total. The van der Waals surface area contributed by atoms with E-state index in [0.717, 1.165) is 28.0 Å². The van der Waals surface area contributed by atoms with Gasteiger partial charge in [0.1, 0.15) is 22.8 Å². The molecule has 0 bridgehead atoms. The predicted molar refractivity (Wildman–Crippen MR) is 126 cm³/mol. The van der Waals surface area contributed by atoms with Crippen LogP contribution in [0.2, 0.25) is 0 Å². The number of anilines is 1. The normalized spacial score (nSPS) is 26.7. The Bertz CT molecular complexity index is 1330. The highest BCUT2D eigenvalue weighted by molar-refractivity contribution is 6.22.